The van der Waals surface area contributed by atoms with Crippen LogP contribution in [0.2, 0.25) is 5.02 Å². The van der Waals surface area contributed by atoms with E-state index in [0.29, 0.717) is 17.2 Å². The molecule has 0 bridgehead atoms. The molecule has 28 heavy (non-hydrogen) atoms. The number of imidazole rings is 1. The number of anilines is 1. The van der Waals surface area contributed by atoms with E-state index in [2.05, 4.69) is 10.3 Å². The van der Waals surface area contributed by atoms with E-state index in [9.17, 15) is 10.1 Å². The average Bonchev–Trinajstić information content (AvgIpc) is 3.11. The van der Waals surface area contributed by atoms with Gasteiger partial charge in [0.15, 0.2) is 0 Å². The lowest BCUT2D eigenvalue weighted by molar-refractivity contribution is -0.384. The molecular weight excluding hydrogens is 384 g/mol. The summed E-state index contributed by atoms with van der Waals surface area (Å²) in [4.78, 5) is 14.9. The van der Waals surface area contributed by atoms with Crippen LogP contribution < -0.4 is 14.8 Å². The number of nitrogens with one attached hydrogen (secondary N) is 1. The normalized spacial score (nSPS) is 11.7. The van der Waals surface area contributed by atoms with Gasteiger partial charge in [0, 0.05) is 37.6 Å². The third kappa shape index (κ3) is 4.01. The van der Waals surface area contributed by atoms with Crippen molar-refractivity contribution in [3.63, 3.8) is 0 Å². The van der Waals surface area contributed by atoms with Crippen LogP contribution in [0.25, 0.3) is 0 Å². The molecule has 0 unspecified atom stereocenters. The first-order valence-corrected chi connectivity index (χ1v) is 8.71. The zero-order valence-corrected chi connectivity index (χ0v) is 16.3. The molecule has 0 spiro atoms. The number of methoxy groups -OCH3 is 2. The smallest absolute Gasteiger partial charge is 0.271 e. The van der Waals surface area contributed by atoms with Crippen molar-refractivity contribution in [3.05, 3.63) is 75.3 Å². The Balaban J connectivity index is 2.07. The SMILES string of the molecule is COc1cc(OC)cc([C@H](Nc2ccc([N+](=O)[O-])cc2Cl)c2nccn2C)c1. The van der Waals surface area contributed by atoms with Crippen molar-refractivity contribution in [2.24, 2.45) is 7.05 Å². The molecule has 0 amide bonds. The molecule has 0 aliphatic carbocycles. The lowest BCUT2D eigenvalue weighted by atomic mass is 10.0. The lowest BCUT2D eigenvalue weighted by Crippen LogP contribution is -2.17. The summed E-state index contributed by atoms with van der Waals surface area (Å²) in [6.45, 7) is 0. The molecule has 0 aliphatic heterocycles. The van der Waals surface area contributed by atoms with E-state index in [1.54, 1.807) is 32.5 Å². The molecule has 9 heteroatoms. The molecule has 0 radical (unpaired) electrons. The largest absolute Gasteiger partial charge is 0.497 e. The fourth-order valence-electron chi connectivity index (χ4n) is 2.84. The Morgan fingerprint density at radius 1 is 1.18 bits per heavy atom. The molecule has 146 valence electrons. The van der Waals surface area contributed by atoms with E-state index in [4.69, 9.17) is 21.1 Å². The Kier molecular flexibility index (Phi) is 5.70. The van der Waals surface area contributed by atoms with Crippen LogP contribution in [0.15, 0.2) is 48.8 Å². The predicted molar refractivity (Wildman–Crippen MR) is 106 cm³/mol. The lowest BCUT2D eigenvalue weighted by Gasteiger charge is -2.22. The second kappa shape index (κ2) is 8.18. The van der Waals surface area contributed by atoms with Crippen molar-refractivity contribution >= 4 is 23.0 Å². The fourth-order valence-corrected chi connectivity index (χ4v) is 3.07. The monoisotopic (exact) mass is 402 g/mol. The van der Waals surface area contributed by atoms with Gasteiger partial charge in [-0.3, -0.25) is 10.1 Å². The maximum Gasteiger partial charge on any atom is 0.271 e. The molecule has 3 rings (SSSR count). The van der Waals surface area contributed by atoms with Gasteiger partial charge in [0.25, 0.3) is 5.69 Å². The van der Waals surface area contributed by atoms with E-state index in [0.717, 1.165) is 11.4 Å². The van der Waals surface area contributed by atoms with Crippen LogP contribution >= 0.6 is 11.6 Å². The van der Waals surface area contributed by atoms with Gasteiger partial charge in [0.2, 0.25) is 0 Å². The third-order valence-electron chi connectivity index (χ3n) is 4.29. The van der Waals surface area contributed by atoms with Crippen LogP contribution in [-0.2, 0) is 7.05 Å². The molecule has 0 saturated heterocycles. The second-order valence-electron chi connectivity index (χ2n) is 6.04. The van der Waals surface area contributed by atoms with E-state index in [-0.39, 0.29) is 10.7 Å². The molecule has 2 aromatic carbocycles. The Labute approximate surface area is 166 Å². The van der Waals surface area contributed by atoms with Crippen molar-refractivity contribution < 1.29 is 14.4 Å². The first kappa shape index (κ1) is 19.5. The average molecular weight is 403 g/mol. The zero-order chi connectivity index (χ0) is 20.3. The number of non-ortho nitro benzene ring substituents is 1. The molecule has 0 fully saturated rings. The minimum absolute atomic E-state index is 0.0767. The summed E-state index contributed by atoms with van der Waals surface area (Å²) in [6, 6.07) is 9.40. The summed E-state index contributed by atoms with van der Waals surface area (Å²) in [5.74, 6) is 1.99. The Morgan fingerprint density at radius 2 is 1.86 bits per heavy atom. The molecule has 0 saturated carbocycles. The number of aryl methyl sites for hydroxylation is 1. The fraction of sp³-hybridized carbons (Fsp3) is 0.211. The van der Waals surface area contributed by atoms with Gasteiger partial charge < -0.3 is 19.4 Å². The second-order valence-corrected chi connectivity index (χ2v) is 6.45. The Morgan fingerprint density at radius 3 is 2.36 bits per heavy atom. The Hall–Kier alpha value is -3.26. The van der Waals surface area contributed by atoms with Gasteiger partial charge in [-0.25, -0.2) is 4.98 Å². The minimum Gasteiger partial charge on any atom is -0.497 e. The van der Waals surface area contributed by atoms with Gasteiger partial charge in [-0.15, -0.1) is 0 Å². The van der Waals surface area contributed by atoms with Gasteiger partial charge >= 0.3 is 0 Å². The first-order valence-electron chi connectivity index (χ1n) is 8.33. The quantitative estimate of drug-likeness (QED) is 0.470. The van der Waals surface area contributed by atoms with Crippen molar-refractivity contribution in [2.75, 3.05) is 19.5 Å². The van der Waals surface area contributed by atoms with E-state index in [1.165, 1.54) is 12.1 Å². The van der Waals surface area contributed by atoms with Crippen molar-refractivity contribution in [1.29, 1.82) is 0 Å². The Bertz CT molecular complexity index is 983. The van der Waals surface area contributed by atoms with Crippen molar-refractivity contribution in [2.45, 2.75) is 6.04 Å². The van der Waals surface area contributed by atoms with Crippen LogP contribution in [0.4, 0.5) is 11.4 Å². The van der Waals surface area contributed by atoms with Crippen molar-refractivity contribution in [3.8, 4) is 11.5 Å². The number of benzene rings is 2. The highest BCUT2D eigenvalue weighted by Crippen LogP contribution is 2.35. The standard InChI is InChI=1S/C19H19ClN4O4/c1-23-7-6-21-19(23)18(12-8-14(27-2)11-15(9-12)28-3)22-17-5-4-13(24(25)26)10-16(17)20/h4-11,18,22H,1-3H3/t18-/m0/s1. The molecule has 1 heterocycles. The van der Waals surface area contributed by atoms with Gasteiger partial charge in [-0.05, 0) is 23.8 Å². The van der Waals surface area contributed by atoms with Crippen molar-refractivity contribution in [1.82, 2.24) is 9.55 Å². The molecule has 1 aromatic heterocycles. The van der Waals surface area contributed by atoms with Crippen LogP contribution in [0.5, 0.6) is 11.5 Å². The summed E-state index contributed by atoms with van der Waals surface area (Å²) in [5.41, 5.74) is 1.30. The number of ether oxygens (including phenoxy) is 2. The third-order valence-corrected chi connectivity index (χ3v) is 4.60. The maximum atomic E-state index is 11.0. The highest BCUT2D eigenvalue weighted by molar-refractivity contribution is 6.33. The number of halogens is 1. The van der Waals surface area contributed by atoms with Gasteiger partial charge in [0.05, 0.1) is 29.9 Å². The predicted octanol–water partition coefficient (Wildman–Crippen LogP) is 4.20. The number of nitro groups is 1. The first-order chi connectivity index (χ1) is 13.4. The number of hydrogen-bond donors (Lipinski definition) is 1. The number of nitro benzene ring substituents is 1. The van der Waals surface area contributed by atoms with E-state index < -0.39 is 11.0 Å². The summed E-state index contributed by atoms with van der Waals surface area (Å²) >= 11 is 6.28. The maximum absolute atomic E-state index is 11.0. The number of aromatic nitrogens is 2. The van der Waals surface area contributed by atoms with Crippen LogP contribution in [0.1, 0.15) is 17.4 Å². The zero-order valence-electron chi connectivity index (χ0n) is 15.5. The topological polar surface area (TPSA) is 91.4 Å². The molecule has 8 nitrogen and oxygen atoms in total. The summed E-state index contributed by atoms with van der Waals surface area (Å²) in [6.07, 6.45) is 3.53. The van der Waals surface area contributed by atoms with Gasteiger partial charge in [-0.2, -0.15) is 0 Å². The summed E-state index contributed by atoms with van der Waals surface area (Å²) < 4.78 is 12.6. The van der Waals surface area contributed by atoms with Crippen LogP contribution in [-0.4, -0.2) is 28.7 Å². The van der Waals surface area contributed by atoms with Gasteiger partial charge in [0.1, 0.15) is 23.4 Å². The number of nitrogens with zero attached hydrogens (tertiary/aromatic N) is 3. The van der Waals surface area contributed by atoms with E-state index >= 15 is 0 Å². The van der Waals surface area contributed by atoms with Gasteiger partial charge in [-0.1, -0.05) is 11.6 Å². The number of rotatable bonds is 7. The van der Waals surface area contributed by atoms with E-state index in [1.807, 2.05) is 29.9 Å². The summed E-state index contributed by atoms with van der Waals surface area (Å²) in [5, 5.41) is 14.5. The summed E-state index contributed by atoms with van der Waals surface area (Å²) in [7, 11) is 5.04. The molecule has 1 atom stereocenters. The number of hydrogen-bond acceptors (Lipinski definition) is 6. The molecule has 0 aliphatic rings. The molecule has 1 N–H and O–H groups in total. The van der Waals surface area contributed by atoms with Crippen LogP contribution in [0.3, 0.4) is 0 Å². The molecule has 3 aromatic rings. The minimum atomic E-state index is -0.487. The van der Waals surface area contributed by atoms with Crippen LogP contribution in [0, 0.1) is 10.1 Å². The molecular formula is C19H19ClN4O4. The highest BCUT2D eigenvalue weighted by Gasteiger charge is 2.22. The highest BCUT2D eigenvalue weighted by atomic mass is 35.5.